The molecule has 0 bridgehead atoms. The summed E-state index contributed by atoms with van der Waals surface area (Å²) in [6.45, 7) is 15.6. The van der Waals surface area contributed by atoms with Crippen molar-refractivity contribution in [3.05, 3.63) is 234 Å². The number of nitrogens with zero attached hydrogens (tertiary/aromatic N) is 18. The molecule has 0 unspecified atom stereocenters. The molecule has 14 aromatic rings. The van der Waals surface area contributed by atoms with Crippen molar-refractivity contribution in [1.29, 1.82) is 0 Å². The number of para-hydroxylation sites is 3. The summed E-state index contributed by atoms with van der Waals surface area (Å²) >= 11 is 7.49. The second kappa shape index (κ2) is 32.3. The summed E-state index contributed by atoms with van der Waals surface area (Å²) in [5, 5.41) is 14.0. The van der Waals surface area contributed by atoms with Gasteiger partial charge in [0, 0.05) is 89.1 Å². The lowest BCUT2D eigenvalue weighted by molar-refractivity contribution is 0.0941. The number of thiol groups is 1. The van der Waals surface area contributed by atoms with Crippen LogP contribution in [0.2, 0.25) is 0 Å². The SMILES string of the molecule is CCc1cnc(CNC(=O)c2c(=O)c3ccc(N4CCCN(C)CC4)nc3n3c2sc2ccccc23)cn1.Cc1cnc(CNC(=O)c2c(=O)c3ccc(N4CCCN4C)nc3n3c2sc2ccccc23)cn1.Cc1cnc(CNC(=O)c2cn(-c3ccccc3S)c3nc(N4CCCN(C)CC4)ccc3c2=O)cn1. The Bertz CT molecular complexity index is 6030. The molecule has 0 radical (unpaired) electrons. The van der Waals surface area contributed by atoms with Gasteiger partial charge in [0.15, 0.2) is 16.9 Å². The number of anilines is 3. The van der Waals surface area contributed by atoms with Crippen LogP contribution < -0.4 is 47.0 Å². The van der Waals surface area contributed by atoms with Gasteiger partial charge in [-0.3, -0.25) is 77.0 Å². The Morgan fingerprint density at radius 1 is 0.455 bits per heavy atom. The monoisotopic (exact) mass is 1530 g/mol. The Balaban J connectivity index is 0.000000131. The first kappa shape index (κ1) is 73.9. The van der Waals surface area contributed by atoms with Gasteiger partial charge in [-0.2, -0.15) is 0 Å². The topological polar surface area (TPSA) is 288 Å². The zero-order chi connectivity index (χ0) is 76.3. The first-order valence-corrected chi connectivity index (χ1v) is 38.7. The van der Waals surface area contributed by atoms with Crippen LogP contribution in [0.25, 0.3) is 68.9 Å². The van der Waals surface area contributed by atoms with Crippen LogP contribution in [0.15, 0.2) is 172 Å². The molecular weight excluding hydrogens is 1450 g/mol. The third-order valence-electron chi connectivity index (χ3n) is 19.9. The molecule has 3 aliphatic rings. The van der Waals surface area contributed by atoms with Crippen LogP contribution in [0.3, 0.4) is 0 Å². The fraction of sp³-hybridized carbons (Fsp3) is 0.287. The van der Waals surface area contributed by atoms with Gasteiger partial charge in [-0.25, -0.2) is 20.0 Å². The van der Waals surface area contributed by atoms with E-state index in [1.165, 1.54) is 22.7 Å². The summed E-state index contributed by atoms with van der Waals surface area (Å²) in [7, 11) is 6.29. The largest absolute Gasteiger partial charge is 0.355 e. The molecule has 0 saturated carbocycles. The molecule has 3 aromatic carbocycles. The average molecular weight is 1530 g/mol. The maximum absolute atomic E-state index is 13.8. The molecule has 14 heterocycles. The number of carbonyl (C=O) groups excluding carboxylic acids is 3. The number of aryl methyl sites for hydroxylation is 3. The minimum Gasteiger partial charge on any atom is -0.355 e. The Labute approximate surface area is 645 Å². The number of hydrogen-bond acceptors (Lipinski definition) is 24. The number of pyridine rings is 6. The highest BCUT2D eigenvalue weighted by molar-refractivity contribution is 7.80. The Hall–Kier alpha value is -11.5. The quantitative estimate of drug-likeness (QED) is 0.0737. The van der Waals surface area contributed by atoms with E-state index < -0.39 is 17.7 Å². The molecule has 0 aliphatic carbocycles. The van der Waals surface area contributed by atoms with E-state index in [-0.39, 0.29) is 52.6 Å². The molecule has 3 saturated heterocycles. The molecule has 0 spiro atoms. The van der Waals surface area contributed by atoms with Gasteiger partial charge in [-0.05, 0) is 140 Å². The summed E-state index contributed by atoms with van der Waals surface area (Å²) in [4.78, 5) is 133. The number of fused-ring (bicyclic) bond motifs is 11. The van der Waals surface area contributed by atoms with Crippen molar-refractivity contribution < 1.29 is 14.4 Å². The van der Waals surface area contributed by atoms with E-state index in [4.69, 9.17) is 15.0 Å². The maximum Gasteiger partial charge on any atom is 0.258 e. The standard InChI is InChI=1S/C28H29N7O2S.C27H29N7O2S.C25H23N7O2S/c1-3-18-15-30-19(16-29-18)17-31-27(37)24-25(36)20-9-10-23(34-12-6-11-33(2)13-14-34)32-26(20)35-21-7-4-5-8-22(21)38-28(24)35;1-18-14-29-19(15-28-18)16-30-27(36)21-17-34(22-6-3-4-7-23(22)37)26-20(25(21)35)8-9-24(31-26)33-11-5-10-32(2)12-13-33;1-15-12-27-16(13-26-15)14-28-24(34)21-22(33)17-8-9-20(31-11-5-10-30(31)2)29-23(17)32-18-6-3-4-7-19(18)35-25(21)32/h4-5,7-10,15-16H,3,6,11-14,17H2,1-2H3,(H,31,37);3-4,6-9,14-15,17,37H,5,10-13,16H2,1-2H3,(H,30,36);3-4,6-9,12-13H,5,10-11,14H2,1-2H3,(H,28,34). The Morgan fingerprint density at radius 2 is 0.900 bits per heavy atom. The first-order valence-electron chi connectivity index (χ1n) is 36.6. The fourth-order valence-electron chi connectivity index (χ4n) is 13.9. The van der Waals surface area contributed by atoms with Crippen molar-refractivity contribution in [1.82, 2.24) is 89.0 Å². The molecule has 560 valence electrons. The van der Waals surface area contributed by atoms with Gasteiger partial charge in [0.2, 0.25) is 16.3 Å². The van der Waals surface area contributed by atoms with Crippen LogP contribution in [0, 0.1) is 13.8 Å². The summed E-state index contributed by atoms with van der Waals surface area (Å²) in [6.07, 6.45) is 15.4. The van der Waals surface area contributed by atoms with Gasteiger partial charge < -0.3 is 35.6 Å². The zero-order valence-electron chi connectivity index (χ0n) is 61.7. The van der Waals surface area contributed by atoms with Gasteiger partial charge in [-0.1, -0.05) is 43.3 Å². The number of carbonyl (C=O) groups is 3. The number of benzene rings is 3. The number of thiazole rings is 2. The van der Waals surface area contributed by atoms with Crippen molar-refractivity contribution >= 4 is 134 Å². The number of hydrogen-bond donors (Lipinski definition) is 4. The van der Waals surface area contributed by atoms with Crippen molar-refractivity contribution in [2.75, 3.05) is 101 Å². The second-order valence-corrected chi connectivity index (χ2v) is 30.1. The molecule has 110 heavy (non-hydrogen) atoms. The van der Waals surface area contributed by atoms with Crippen molar-refractivity contribution in [2.24, 2.45) is 0 Å². The molecule has 11 aromatic heterocycles. The molecule has 3 N–H and O–H groups in total. The van der Waals surface area contributed by atoms with Crippen molar-refractivity contribution in [3.8, 4) is 5.69 Å². The minimum atomic E-state index is -0.487. The third kappa shape index (κ3) is 15.3. The highest BCUT2D eigenvalue weighted by atomic mass is 32.1. The normalized spacial score (nSPS) is 14.6. The number of likely N-dealkylation sites (N-methyl/N-ethyl adjacent to an activating group) is 2. The summed E-state index contributed by atoms with van der Waals surface area (Å²) in [5.41, 5.74) is 7.79. The van der Waals surface area contributed by atoms with Crippen molar-refractivity contribution in [2.45, 2.75) is 71.0 Å². The third-order valence-corrected chi connectivity index (χ3v) is 22.6. The predicted molar refractivity (Wildman–Crippen MR) is 435 cm³/mol. The van der Waals surface area contributed by atoms with Crippen molar-refractivity contribution in [3.63, 3.8) is 0 Å². The molecule has 0 atom stereocenters. The number of nitrogens with one attached hydrogen (secondary N) is 3. The Morgan fingerprint density at radius 3 is 1.39 bits per heavy atom. The molecule has 17 rings (SSSR count). The average Bonchev–Trinajstić information content (AvgIpc) is 1.56. The molecule has 27 nitrogen and oxygen atoms in total. The van der Waals surface area contributed by atoms with E-state index >= 15 is 0 Å². The van der Waals surface area contributed by atoms with Gasteiger partial charge >= 0.3 is 0 Å². The molecule has 3 fully saturated rings. The highest BCUT2D eigenvalue weighted by Gasteiger charge is 2.29. The number of hydrazine groups is 1. The lowest BCUT2D eigenvalue weighted by Crippen LogP contribution is -2.34. The highest BCUT2D eigenvalue weighted by Crippen LogP contribution is 2.35. The van der Waals surface area contributed by atoms with Crippen LogP contribution in [0.4, 0.5) is 17.5 Å². The van der Waals surface area contributed by atoms with Crippen LogP contribution in [0.5, 0.6) is 0 Å². The van der Waals surface area contributed by atoms with E-state index in [1.54, 1.807) is 60.1 Å². The Kier molecular flexibility index (Phi) is 21.7. The molecule has 3 amide bonds. The van der Waals surface area contributed by atoms with Gasteiger partial charge in [-0.15, -0.1) is 35.3 Å². The van der Waals surface area contributed by atoms with E-state index in [0.29, 0.717) is 64.7 Å². The fourth-order valence-corrected chi connectivity index (χ4v) is 16.5. The number of rotatable bonds is 14. The van der Waals surface area contributed by atoms with Crippen LogP contribution in [-0.4, -0.2) is 177 Å². The lowest BCUT2D eigenvalue weighted by atomic mass is 10.1. The van der Waals surface area contributed by atoms with E-state index in [1.807, 2.05) is 134 Å². The maximum atomic E-state index is 13.8. The first-order chi connectivity index (χ1) is 53.4. The summed E-state index contributed by atoms with van der Waals surface area (Å²) < 4.78 is 7.65. The number of aromatic nitrogens is 12. The van der Waals surface area contributed by atoms with Crippen LogP contribution >= 0.6 is 35.3 Å². The van der Waals surface area contributed by atoms with E-state index in [2.05, 4.69) is 102 Å². The smallest absolute Gasteiger partial charge is 0.258 e. The second-order valence-electron chi connectivity index (χ2n) is 27.5. The minimum absolute atomic E-state index is 0.0232. The van der Waals surface area contributed by atoms with E-state index in [0.717, 1.165) is 152 Å². The van der Waals surface area contributed by atoms with E-state index in [9.17, 15) is 28.8 Å². The molecule has 3 aliphatic heterocycles. The van der Waals surface area contributed by atoms with Gasteiger partial charge in [0.05, 0.1) is 115 Å². The van der Waals surface area contributed by atoms with Gasteiger partial charge in [0.25, 0.3) is 17.7 Å². The lowest BCUT2D eigenvalue weighted by Gasteiger charge is -2.25. The zero-order valence-corrected chi connectivity index (χ0v) is 64.2. The summed E-state index contributed by atoms with van der Waals surface area (Å²) in [5.74, 6) is 1.09. The number of amides is 3. The molecular formula is C80H81N21O6S3. The molecule has 30 heteroatoms. The predicted octanol–water partition coefficient (Wildman–Crippen LogP) is 9.48. The van der Waals surface area contributed by atoms with Gasteiger partial charge in [0.1, 0.15) is 43.8 Å². The van der Waals surface area contributed by atoms with Crippen LogP contribution in [-0.2, 0) is 26.1 Å². The van der Waals surface area contributed by atoms with Crippen LogP contribution in [0.1, 0.15) is 91.4 Å². The summed E-state index contributed by atoms with van der Waals surface area (Å²) in [6, 6.07) is 34.4.